The molecule has 88 valence electrons. The van der Waals surface area contributed by atoms with Crippen LogP contribution in [0.25, 0.3) is 0 Å². The summed E-state index contributed by atoms with van der Waals surface area (Å²) in [5, 5.41) is 0.205. The Kier molecular flexibility index (Phi) is 3.92. The molecule has 0 aliphatic carbocycles. The van der Waals surface area contributed by atoms with Gasteiger partial charge in [-0.1, -0.05) is 11.6 Å². The van der Waals surface area contributed by atoms with E-state index in [9.17, 15) is 9.18 Å². The minimum absolute atomic E-state index is 0.0308. The summed E-state index contributed by atoms with van der Waals surface area (Å²) in [6, 6.07) is 3.91. The highest BCUT2D eigenvalue weighted by Gasteiger charge is 2.23. The molecule has 1 aromatic carbocycles. The van der Waals surface area contributed by atoms with Crippen LogP contribution in [0.2, 0.25) is 5.02 Å². The van der Waals surface area contributed by atoms with E-state index in [0.29, 0.717) is 5.75 Å². The van der Waals surface area contributed by atoms with Crippen LogP contribution in [-0.4, -0.2) is 11.4 Å². The lowest BCUT2D eigenvalue weighted by atomic mass is 10.0. The number of hydrogen-bond acceptors (Lipinski definition) is 2. The fourth-order valence-corrected chi connectivity index (χ4v) is 1.70. The molecular weight excluding hydrogens is 231 g/mol. The Bertz CT molecular complexity index is 402. The highest BCUT2D eigenvalue weighted by atomic mass is 35.5. The van der Waals surface area contributed by atoms with Gasteiger partial charge >= 0.3 is 0 Å². The molecule has 0 aliphatic rings. The van der Waals surface area contributed by atoms with Crippen LogP contribution in [0.15, 0.2) is 18.2 Å². The van der Waals surface area contributed by atoms with Crippen LogP contribution in [-0.2, 0) is 4.79 Å². The molecule has 0 saturated heterocycles. The van der Waals surface area contributed by atoms with E-state index in [1.807, 2.05) is 0 Å². The molecular formula is C12H14ClFO2. The van der Waals surface area contributed by atoms with Crippen molar-refractivity contribution >= 4 is 17.4 Å². The van der Waals surface area contributed by atoms with Gasteiger partial charge < -0.3 is 4.74 Å². The van der Waals surface area contributed by atoms with E-state index in [0.717, 1.165) is 0 Å². The molecule has 0 aliphatic heterocycles. The predicted molar refractivity (Wildman–Crippen MR) is 61.4 cm³/mol. The molecule has 1 aromatic rings. The lowest BCUT2D eigenvalue weighted by Crippen LogP contribution is -2.30. The van der Waals surface area contributed by atoms with Crippen LogP contribution in [0.3, 0.4) is 0 Å². The molecule has 0 aromatic heterocycles. The van der Waals surface area contributed by atoms with Crippen LogP contribution in [0.1, 0.15) is 27.2 Å². The van der Waals surface area contributed by atoms with Crippen LogP contribution in [0.5, 0.6) is 5.75 Å². The summed E-state index contributed by atoms with van der Waals surface area (Å²) in [5.74, 6) is -0.000671. The topological polar surface area (TPSA) is 26.3 Å². The number of ether oxygens (including phenoxy) is 1. The second kappa shape index (κ2) is 4.83. The fraction of sp³-hybridized carbons (Fsp3) is 0.417. The van der Waals surface area contributed by atoms with Gasteiger partial charge in [0.15, 0.2) is 0 Å². The highest BCUT2D eigenvalue weighted by Crippen LogP contribution is 2.29. The van der Waals surface area contributed by atoms with Crippen LogP contribution in [0.4, 0.5) is 4.39 Å². The zero-order valence-electron chi connectivity index (χ0n) is 9.51. The van der Waals surface area contributed by atoms with E-state index in [-0.39, 0.29) is 17.2 Å². The first kappa shape index (κ1) is 13.0. The molecule has 1 rings (SSSR count). The number of carbonyl (C=O) groups excluding carboxylic acids is 1. The van der Waals surface area contributed by atoms with Crippen LogP contribution >= 0.6 is 11.6 Å². The average Bonchev–Trinajstić information content (AvgIpc) is 2.07. The third kappa shape index (κ3) is 3.81. The standard InChI is InChI=1S/C12H14ClFO2/c1-8(15)7-12(2,3)16-11-5-4-9(14)6-10(11)13/h4-6H,7H2,1-3H3. The average molecular weight is 245 g/mol. The Labute approximate surface area is 99.4 Å². The minimum atomic E-state index is -0.646. The number of carbonyl (C=O) groups is 1. The van der Waals surface area contributed by atoms with Gasteiger partial charge in [0.1, 0.15) is 23.0 Å². The quantitative estimate of drug-likeness (QED) is 0.809. The molecule has 0 saturated carbocycles. The molecule has 0 radical (unpaired) electrons. The number of hydrogen-bond donors (Lipinski definition) is 0. The highest BCUT2D eigenvalue weighted by molar-refractivity contribution is 6.32. The van der Waals surface area contributed by atoms with Crippen molar-refractivity contribution in [1.29, 1.82) is 0 Å². The third-order valence-electron chi connectivity index (χ3n) is 1.95. The zero-order valence-corrected chi connectivity index (χ0v) is 10.3. The van der Waals surface area contributed by atoms with Gasteiger partial charge in [0.2, 0.25) is 0 Å². The van der Waals surface area contributed by atoms with Crippen molar-refractivity contribution in [3.8, 4) is 5.75 Å². The molecule has 4 heteroatoms. The van der Waals surface area contributed by atoms with E-state index >= 15 is 0 Å². The second-order valence-electron chi connectivity index (χ2n) is 4.32. The van der Waals surface area contributed by atoms with Gasteiger partial charge in [0.05, 0.1) is 5.02 Å². The Morgan fingerprint density at radius 1 is 1.50 bits per heavy atom. The van der Waals surface area contributed by atoms with E-state index < -0.39 is 11.4 Å². The first-order valence-corrected chi connectivity index (χ1v) is 5.31. The van der Waals surface area contributed by atoms with Gasteiger partial charge in [-0.3, -0.25) is 4.79 Å². The van der Waals surface area contributed by atoms with Crippen molar-refractivity contribution in [2.75, 3.05) is 0 Å². The zero-order chi connectivity index (χ0) is 12.3. The molecule has 2 nitrogen and oxygen atoms in total. The molecule has 0 N–H and O–H groups in total. The normalized spacial score (nSPS) is 11.3. The van der Waals surface area contributed by atoms with E-state index in [1.54, 1.807) is 13.8 Å². The van der Waals surface area contributed by atoms with Crippen LogP contribution < -0.4 is 4.74 Å². The van der Waals surface area contributed by atoms with Gasteiger partial charge in [-0.15, -0.1) is 0 Å². The van der Waals surface area contributed by atoms with Crippen molar-refractivity contribution in [2.24, 2.45) is 0 Å². The molecule has 0 fully saturated rings. The SMILES string of the molecule is CC(=O)CC(C)(C)Oc1ccc(F)cc1Cl. The summed E-state index contributed by atoms with van der Waals surface area (Å²) in [7, 11) is 0. The monoisotopic (exact) mass is 244 g/mol. The predicted octanol–water partition coefficient (Wildman–Crippen LogP) is 3.62. The van der Waals surface area contributed by atoms with Crippen molar-refractivity contribution < 1.29 is 13.9 Å². The lowest BCUT2D eigenvalue weighted by molar-refractivity contribution is -0.120. The van der Waals surface area contributed by atoms with Crippen molar-refractivity contribution in [1.82, 2.24) is 0 Å². The summed E-state index contributed by atoms with van der Waals surface area (Å²) in [5.41, 5.74) is -0.646. The Morgan fingerprint density at radius 3 is 2.62 bits per heavy atom. The lowest BCUT2D eigenvalue weighted by Gasteiger charge is -2.25. The Balaban J connectivity index is 2.83. The van der Waals surface area contributed by atoms with Crippen molar-refractivity contribution in [2.45, 2.75) is 32.8 Å². The summed E-state index contributed by atoms with van der Waals surface area (Å²) < 4.78 is 18.4. The first-order chi connectivity index (χ1) is 7.30. The van der Waals surface area contributed by atoms with E-state index in [4.69, 9.17) is 16.3 Å². The number of ketones is 1. The Hall–Kier alpha value is -1.09. The molecule has 0 bridgehead atoms. The van der Waals surface area contributed by atoms with E-state index in [2.05, 4.69) is 0 Å². The smallest absolute Gasteiger partial charge is 0.138 e. The van der Waals surface area contributed by atoms with E-state index in [1.165, 1.54) is 25.1 Å². The molecule has 0 unspecified atom stereocenters. The van der Waals surface area contributed by atoms with Gasteiger partial charge in [-0.25, -0.2) is 4.39 Å². The summed E-state index contributed by atoms with van der Waals surface area (Å²) in [6.07, 6.45) is 0.278. The van der Waals surface area contributed by atoms with Crippen molar-refractivity contribution in [3.05, 3.63) is 29.0 Å². The molecule has 0 atom stereocenters. The van der Waals surface area contributed by atoms with Crippen molar-refractivity contribution in [3.63, 3.8) is 0 Å². The Morgan fingerprint density at radius 2 is 2.12 bits per heavy atom. The summed E-state index contributed by atoms with van der Waals surface area (Å²) in [4.78, 5) is 11.0. The largest absolute Gasteiger partial charge is 0.486 e. The van der Waals surface area contributed by atoms with Gasteiger partial charge in [-0.2, -0.15) is 0 Å². The maximum absolute atomic E-state index is 12.8. The molecule has 0 spiro atoms. The maximum atomic E-state index is 12.8. The van der Waals surface area contributed by atoms with Gasteiger partial charge in [-0.05, 0) is 39.0 Å². The van der Waals surface area contributed by atoms with Crippen LogP contribution in [0, 0.1) is 5.82 Å². The minimum Gasteiger partial charge on any atom is -0.486 e. The summed E-state index contributed by atoms with van der Waals surface area (Å²) >= 11 is 5.82. The summed E-state index contributed by atoms with van der Waals surface area (Å²) in [6.45, 7) is 5.07. The number of rotatable bonds is 4. The maximum Gasteiger partial charge on any atom is 0.138 e. The third-order valence-corrected chi connectivity index (χ3v) is 2.25. The fourth-order valence-electron chi connectivity index (χ4n) is 1.49. The number of halogens is 2. The molecule has 16 heavy (non-hydrogen) atoms. The number of Topliss-reactive ketones (excluding diaryl/α,β-unsaturated/α-hetero) is 1. The molecule has 0 amide bonds. The number of benzene rings is 1. The first-order valence-electron chi connectivity index (χ1n) is 4.94. The van der Waals surface area contributed by atoms with Gasteiger partial charge in [0.25, 0.3) is 0 Å². The molecule has 0 heterocycles. The second-order valence-corrected chi connectivity index (χ2v) is 4.72. The van der Waals surface area contributed by atoms with Gasteiger partial charge in [0, 0.05) is 6.42 Å².